The third kappa shape index (κ3) is 4.66. The molecule has 1 aromatic heterocycles. The summed E-state index contributed by atoms with van der Waals surface area (Å²) < 4.78 is 27.9. The number of aromatic nitrogens is 4. The number of carbonyl (C=O) groups is 1. The van der Waals surface area contributed by atoms with Crippen LogP contribution in [0.4, 0.5) is 0 Å². The third-order valence-corrected chi connectivity index (χ3v) is 8.15. The fourth-order valence-electron chi connectivity index (χ4n) is 4.21. The molecule has 0 radical (unpaired) electrons. The summed E-state index contributed by atoms with van der Waals surface area (Å²) in [6.45, 7) is 5.74. The second kappa shape index (κ2) is 8.22. The summed E-state index contributed by atoms with van der Waals surface area (Å²) in [5, 5.41) is 11.0. The van der Waals surface area contributed by atoms with Crippen molar-refractivity contribution in [3.8, 4) is 0 Å². The summed E-state index contributed by atoms with van der Waals surface area (Å²) >= 11 is 0. The van der Waals surface area contributed by atoms with Crippen LogP contribution < -0.4 is 0 Å². The highest BCUT2D eigenvalue weighted by Crippen LogP contribution is 2.41. The molecule has 1 saturated heterocycles. The van der Waals surface area contributed by atoms with E-state index in [1.54, 1.807) is 24.9 Å². The minimum absolute atomic E-state index is 0.105. The maximum Gasteiger partial charge on any atom is 0.223 e. The molecule has 152 valence electrons. The van der Waals surface area contributed by atoms with E-state index in [9.17, 15) is 13.2 Å². The molecule has 0 spiro atoms. The molecule has 9 nitrogen and oxygen atoms in total. The highest BCUT2D eigenvalue weighted by molar-refractivity contribution is 7.89. The van der Waals surface area contributed by atoms with Crippen molar-refractivity contribution < 1.29 is 13.2 Å². The zero-order valence-electron chi connectivity index (χ0n) is 16.2. The van der Waals surface area contributed by atoms with E-state index in [0.29, 0.717) is 39.1 Å². The Bertz CT molecular complexity index is 720. The van der Waals surface area contributed by atoms with Crippen molar-refractivity contribution in [1.82, 2.24) is 29.4 Å². The predicted octanol–water partition coefficient (Wildman–Crippen LogP) is 0.896. The van der Waals surface area contributed by atoms with Crippen molar-refractivity contribution >= 4 is 15.9 Å². The zero-order chi connectivity index (χ0) is 19.5. The maximum atomic E-state index is 13.0. The van der Waals surface area contributed by atoms with Gasteiger partial charge in [0.25, 0.3) is 0 Å². The van der Waals surface area contributed by atoms with E-state index in [2.05, 4.69) is 15.5 Å². The van der Waals surface area contributed by atoms with E-state index in [0.717, 1.165) is 25.7 Å². The second-order valence-electron chi connectivity index (χ2n) is 8.12. The van der Waals surface area contributed by atoms with Crippen molar-refractivity contribution in [3.05, 3.63) is 6.33 Å². The van der Waals surface area contributed by atoms with E-state index >= 15 is 0 Å². The number of hydrogen-bond donors (Lipinski definition) is 0. The Labute approximate surface area is 161 Å². The number of nitrogens with zero attached hydrogens (tertiary/aromatic N) is 6. The lowest BCUT2D eigenvalue weighted by Gasteiger charge is -2.40. The summed E-state index contributed by atoms with van der Waals surface area (Å²) in [5.41, 5.74) is -0.105. The minimum atomic E-state index is -3.25. The number of rotatable bonds is 6. The number of piperazine rings is 1. The Morgan fingerprint density at radius 2 is 1.78 bits per heavy atom. The van der Waals surface area contributed by atoms with Crippen LogP contribution in [0, 0.1) is 5.41 Å². The van der Waals surface area contributed by atoms with Gasteiger partial charge >= 0.3 is 0 Å². The van der Waals surface area contributed by atoms with Gasteiger partial charge in [0, 0.05) is 32.6 Å². The fraction of sp³-hybridized carbons (Fsp3) is 0.882. The Hall–Kier alpha value is -1.55. The van der Waals surface area contributed by atoms with Crippen LogP contribution in [0.1, 0.15) is 52.4 Å². The highest BCUT2D eigenvalue weighted by Gasteiger charge is 2.38. The van der Waals surface area contributed by atoms with Gasteiger partial charge in [0.2, 0.25) is 15.9 Å². The molecule has 1 aromatic rings. The van der Waals surface area contributed by atoms with Crippen LogP contribution in [0.5, 0.6) is 0 Å². The molecule has 2 fully saturated rings. The van der Waals surface area contributed by atoms with Crippen LogP contribution in [0.3, 0.4) is 0 Å². The van der Waals surface area contributed by atoms with Gasteiger partial charge in [-0.15, -0.1) is 5.10 Å². The molecule has 1 aliphatic heterocycles. The first-order valence-electron chi connectivity index (χ1n) is 9.80. The molecule has 2 aliphatic rings. The molecule has 0 unspecified atom stereocenters. The van der Waals surface area contributed by atoms with Crippen molar-refractivity contribution in [1.29, 1.82) is 0 Å². The van der Waals surface area contributed by atoms with E-state index in [1.807, 2.05) is 4.90 Å². The van der Waals surface area contributed by atoms with Crippen molar-refractivity contribution in [2.24, 2.45) is 5.41 Å². The normalized spacial score (nSPS) is 21.5. The molecule has 27 heavy (non-hydrogen) atoms. The monoisotopic (exact) mass is 398 g/mol. The average Bonchev–Trinajstić information content (AvgIpc) is 3.15. The molecule has 1 saturated carbocycles. The first kappa shape index (κ1) is 20.2. The topological polar surface area (TPSA) is 101 Å². The van der Waals surface area contributed by atoms with Gasteiger partial charge in [-0.25, -0.2) is 13.1 Å². The molecular formula is C17H30N6O3S. The van der Waals surface area contributed by atoms with Gasteiger partial charge in [0.05, 0.1) is 11.8 Å². The van der Waals surface area contributed by atoms with Crippen LogP contribution >= 0.6 is 0 Å². The zero-order valence-corrected chi connectivity index (χ0v) is 17.1. The molecule has 1 amide bonds. The predicted molar refractivity (Wildman–Crippen MR) is 100 cm³/mol. The van der Waals surface area contributed by atoms with Crippen LogP contribution in [0.15, 0.2) is 6.33 Å². The highest BCUT2D eigenvalue weighted by atomic mass is 32.2. The van der Waals surface area contributed by atoms with Gasteiger partial charge in [0.1, 0.15) is 6.33 Å². The molecule has 2 heterocycles. The Morgan fingerprint density at radius 3 is 2.33 bits per heavy atom. The number of hydrogen-bond acceptors (Lipinski definition) is 6. The van der Waals surface area contributed by atoms with Crippen LogP contribution in [0.25, 0.3) is 0 Å². The van der Waals surface area contributed by atoms with E-state index in [1.165, 1.54) is 10.7 Å². The Morgan fingerprint density at radius 1 is 1.11 bits per heavy atom. The van der Waals surface area contributed by atoms with Crippen LogP contribution in [-0.2, 0) is 21.4 Å². The summed E-state index contributed by atoms with van der Waals surface area (Å²) in [6.07, 6.45) is 7.53. The first-order valence-corrected chi connectivity index (χ1v) is 11.3. The van der Waals surface area contributed by atoms with E-state index in [-0.39, 0.29) is 11.3 Å². The van der Waals surface area contributed by atoms with Gasteiger partial charge in [0.15, 0.2) is 0 Å². The van der Waals surface area contributed by atoms with Crippen molar-refractivity contribution in [3.63, 3.8) is 0 Å². The maximum absolute atomic E-state index is 13.0. The Kier molecular flexibility index (Phi) is 6.15. The average molecular weight is 399 g/mol. The van der Waals surface area contributed by atoms with E-state index < -0.39 is 15.3 Å². The van der Waals surface area contributed by atoms with E-state index in [4.69, 9.17) is 0 Å². The number of carbonyl (C=O) groups excluding carboxylic acids is 1. The molecule has 1 aliphatic carbocycles. The molecular weight excluding hydrogens is 368 g/mol. The summed E-state index contributed by atoms with van der Waals surface area (Å²) in [4.78, 5) is 14.8. The van der Waals surface area contributed by atoms with Gasteiger partial charge in [-0.05, 0) is 42.5 Å². The molecule has 0 bridgehead atoms. The molecule has 10 heteroatoms. The molecule has 0 atom stereocenters. The SMILES string of the molecule is CC(C)S(=O)(=O)N1CCN(C(=O)CC2(Cn3cnnn3)CCCCC2)CC1. The second-order valence-corrected chi connectivity index (χ2v) is 10.6. The standard InChI is InChI=1S/C17H30N6O3S/c1-15(2)27(25,26)23-10-8-21(9-11-23)16(24)12-17(6-4-3-5-7-17)13-22-14-18-19-20-22/h14-15H,3-13H2,1-2H3. The van der Waals surface area contributed by atoms with Gasteiger partial charge < -0.3 is 4.90 Å². The lowest BCUT2D eigenvalue weighted by Crippen LogP contribution is -2.52. The molecule has 0 N–H and O–H groups in total. The smallest absolute Gasteiger partial charge is 0.223 e. The van der Waals surface area contributed by atoms with Crippen LogP contribution in [-0.4, -0.2) is 75.2 Å². The molecule has 3 rings (SSSR count). The van der Waals surface area contributed by atoms with Crippen molar-refractivity contribution in [2.75, 3.05) is 26.2 Å². The first-order chi connectivity index (χ1) is 12.8. The number of tetrazole rings is 1. The summed E-state index contributed by atoms with van der Waals surface area (Å²) in [7, 11) is -3.25. The largest absolute Gasteiger partial charge is 0.340 e. The fourth-order valence-corrected chi connectivity index (χ4v) is 5.48. The quantitative estimate of drug-likeness (QED) is 0.705. The summed E-state index contributed by atoms with van der Waals surface area (Å²) in [5.74, 6) is 0.117. The Balaban J connectivity index is 1.61. The lowest BCUT2D eigenvalue weighted by atomic mass is 9.71. The minimum Gasteiger partial charge on any atom is -0.340 e. The van der Waals surface area contributed by atoms with Gasteiger partial charge in [-0.1, -0.05) is 19.3 Å². The third-order valence-electron chi connectivity index (χ3n) is 5.88. The lowest BCUT2D eigenvalue weighted by molar-refractivity contribution is -0.136. The van der Waals surface area contributed by atoms with Gasteiger partial charge in [-0.2, -0.15) is 4.31 Å². The number of sulfonamides is 1. The number of amides is 1. The summed E-state index contributed by atoms with van der Waals surface area (Å²) in [6, 6.07) is 0. The molecule has 0 aromatic carbocycles. The van der Waals surface area contributed by atoms with Crippen LogP contribution in [0.2, 0.25) is 0 Å². The van der Waals surface area contributed by atoms with Gasteiger partial charge in [-0.3, -0.25) is 4.79 Å². The van der Waals surface area contributed by atoms with Crippen molar-refractivity contribution in [2.45, 2.75) is 64.2 Å².